The van der Waals surface area contributed by atoms with Crippen molar-refractivity contribution >= 4 is 17.5 Å². The normalized spacial score (nSPS) is 22.1. The molecule has 1 aliphatic heterocycles. The first-order valence-corrected chi connectivity index (χ1v) is 14.2. The molecule has 204 valence electrons. The maximum atomic E-state index is 15.4. The number of rotatable bonds is 6. The minimum Gasteiger partial charge on any atom is -0.370 e. The van der Waals surface area contributed by atoms with Gasteiger partial charge in [-0.25, -0.2) is 13.9 Å². The van der Waals surface area contributed by atoms with Crippen LogP contribution in [0, 0.1) is 11.7 Å². The van der Waals surface area contributed by atoms with Crippen molar-refractivity contribution < 1.29 is 14.0 Å². The molecule has 0 unspecified atom stereocenters. The summed E-state index contributed by atoms with van der Waals surface area (Å²) < 4.78 is 17.2. The molecule has 2 aliphatic carbocycles. The zero-order valence-corrected chi connectivity index (χ0v) is 22.5. The van der Waals surface area contributed by atoms with Gasteiger partial charge in [0, 0.05) is 36.2 Å². The largest absolute Gasteiger partial charge is 0.370 e. The lowest BCUT2D eigenvalue weighted by Crippen LogP contribution is -2.39. The highest BCUT2D eigenvalue weighted by molar-refractivity contribution is 5.93. The molecule has 40 heavy (non-hydrogen) atoms. The number of amides is 2. The van der Waals surface area contributed by atoms with Crippen molar-refractivity contribution in [3.63, 3.8) is 0 Å². The summed E-state index contributed by atoms with van der Waals surface area (Å²) in [7, 11) is 0. The minimum atomic E-state index is -0.329. The van der Waals surface area contributed by atoms with Crippen molar-refractivity contribution in [2.75, 3.05) is 6.54 Å². The van der Waals surface area contributed by atoms with E-state index in [1.165, 1.54) is 11.1 Å². The summed E-state index contributed by atoms with van der Waals surface area (Å²) in [4.78, 5) is 31.6. The van der Waals surface area contributed by atoms with Gasteiger partial charge in [0.05, 0.1) is 11.7 Å². The number of aromatic nitrogens is 3. The monoisotopic (exact) mass is 537 g/mol. The molecule has 0 spiro atoms. The van der Waals surface area contributed by atoms with E-state index in [1.54, 1.807) is 22.7 Å². The average Bonchev–Trinajstić information content (AvgIpc) is 3.68. The van der Waals surface area contributed by atoms with Crippen molar-refractivity contribution in [3.8, 4) is 11.3 Å². The molecule has 7 nitrogen and oxygen atoms in total. The number of halogens is 1. The highest BCUT2D eigenvalue weighted by Crippen LogP contribution is 2.44. The lowest BCUT2D eigenvalue weighted by Gasteiger charge is -2.35. The van der Waals surface area contributed by atoms with Crippen molar-refractivity contribution in [2.45, 2.75) is 63.3 Å². The molecule has 2 N–H and O–H groups in total. The second-order valence-corrected chi connectivity index (χ2v) is 11.7. The van der Waals surface area contributed by atoms with E-state index in [0.29, 0.717) is 41.5 Å². The Morgan fingerprint density at radius 3 is 2.60 bits per heavy atom. The molecule has 8 heteroatoms. The summed E-state index contributed by atoms with van der Waals surface area (Å²) >= 11 is 0. The first kappa shape index (κ1) is 24.9. The van der Waals surface area contributed by atoms with Gasteiger partial charge in [-0.3, -0.25) is 9.59 Å². The lowest BCUT2D eigenvalue weighted by atomic mass is 9.70. The van der Waals surface area contributed by atoms with Crippen LogP contribution in [-0.4, -0.2) is 37.9 Å². The van der Waals surface area contributed by atoms with Gasteiger partial charge in [-0.15, -0.1) is 0 Å². The van der Waals surface area contributed by atoms with Crippen LogP contribution in [0.2, 0.25) is 0 Å². The summed E-state index contributed by atoms with van der Waals surface area (Å²) in [6, 6.07) is 17.2. The van der Waals surface area contributed by atoms with Crippen LogP contribution in [0.4, 0.5) is 4.39 Å². The maximum Gasteiger partial charge on any atom is 0.273 e. The van der Waals surface area contributed by atoms with Crippen molar-refractivity contribution in [1.82, 2.24) is 19.5 Å². The number of carbonyl (C=O) groups is 2. The van der Waals surface area contributed by atoms with Crippen molar-refractivity contribution in [3.05, 3.63) is 88.5 Å². The molecule has 2 aromatic carbocycles. The maximum absolute atomic E-state index is 15.4. The third-order valence-electron chi connectivity index (χ3n) is 8.99. The highest BCUT2D eigenvalue weighted by atomic mass is 19.1. The van der Waals surface area contributed by atoms with Gasteiger partial charge in [-0.1, -0.05) is 30.3 Å². The second kappa shape index (κ2) is 9.54. The smallest absolute Gasteiger partial charge is 0.273 e. The molecular formula is C32H32FN5O2. The highest BCUT2D eigenvalue weighted by Gasteiger charge is 2.34. The van der Waals surface area contributed by atoms with Gasteiger partial charge in [-0.05, 0) is 85.8 Å². The van der Waals surface area contributed by atoms with Crippen LogP contribution in [0.5, 0.6) is 0 Å². The van der Waals surface area contributed by atoms with Gasteiger partial charge in [0.1, 0.15) is 11.5 Å². The zero-order valence-electron chi connectivity index (χ0n) is 22.5. The van der Waals surface area contributed by atoms with E-state index < -0.39 is 0 Å². The topological polar surface area (TPSA) is 93.6 Å². The quantitative estimate of drug-likeness (QED) is 0.349. The summed E-state index contributed by atoms with van der Waals surface area (Å²) in [6.07, 6.45) is 4.99. The van der Waals surface area contributed by atoms with Gasteiger partial charge in [0.25, 0.3) is 5.91 Å². The van der Waals surface area contributed by atoms with Gasteiger partial charge >= 0.3 is 0 Å². The van der Waals surface area contributed by atoms with Crippen LogP contribution in [0.15, 0.2) is 54.6 Å². The van der Waals surface area contributed by atoms with Gasteiger partial charge in [0.15, 0.2) is 5.65 Å². The molecule has 0 radical (unpaired) electrons. The molecule has 2 aromatic heterocycles. The molecule has 3 heterocycles. The number of primary amides is 1. The van der Waals surface area contributed by atoms with Crippen molar-refractivity contribution in [2.24, 2.45) is 11.7 Å². The van der Waals surface area contributed by atoms with Crippen LogP contribution in [0.25, 0.3) is 16.9 Å². The first-order valence-electron chi connectivity index (χ1n) is 14.2. The van der Waals surface area contributed by atoms with Crippen LogP contribution >= 0.6 is 0 Å². The molecule has 0 saturated heterocycles. The Bertz CT molecular complexity index is 1650. The number of benzene rings is 2. The van der Waals surface area contributed by atoms with Crippen LogP contribution < -0.4 is 5.73 Å². The number of carbonyl (C=O) groups excluding carboxylic acids is 2. The van der Waals surface area contributed by atoms with E-state index in [9.17, 15) is 9.59 Å². The number of hydrogen-bond acceptors (Lipinski definition) is 4. The Morgan fingerprint density at radius 2 is 1.85 bits per heavy atom. The summed E-state index contributed by atoms with van der Waals surface area (Å²) in [5.74, 6) is 0.161. The Balaban J connectivity index is 1.18. The first-order chi connectivity index (χ1) is 19.4. The average molecular weight is 538 g/mol. The number of fused-ring (bicyclic) bond motifs is 2. The predicted molar refractivity (Wildman–Crippen MR) is 149 cm³/mol. The lowest BCUT2D eigenvalue weighted by molar-refractivity contribution is -0.119. The number of nitrogens with two attached hydrogens (primary N) is 1. The van der Waals surface area contributed by atoms with Gasteiger partial charge < -0.3 is 10.6 Å². The van der Waals surface area contributed by atoms with Crippen LogP contribution in [-0.2, 0) is 11.2 Å². The summed E-state index contributed by atoms with van der Waals surface area (Å²) in [5, 5.41) is 4.75. The fourth-order valence-corrected chi connectivity index (χ4v) is 6.56. The molecule has 1 atom stereocenters. The predicted octanol–water partition coefficient (Wildman–Crippen LogP) is 5.54. The molecule has 3 aliphatic rings. The molecule has 2 saturated carbocycles. The van der Waals surface area contributed by atoms with Crippen LogP contribution in [0.3, 0.4) is 0 Å². The Morgan fingerprint density at radius 1 is 1.05 bits per heavy atom. The van der Waals surface area contributed by atoms with E-state index in [0.717, 1.165) is 43.4 Å². The Hall–Kier alpha value is -4.07. The fraction of sp³-hybridized carbons (Fsp3) is 0.375. The van der Waals surface area contributed by atoms with Crippen LogP contribution in [0.1, 0.15) is 89.8 Å². The van der Waals surface area contributed by atoms with E-state index >= 15 is 4.39 Å². The number of nitrogens with zero attached hydrogens (tertiary/aromatic N) is 4. The summed E-state index contributed by atoms with van der Waals surface area (Å²) in [5.41, 5.74) is 11.6. The zero-order chi connectivity index (χ0) is 27.5. The molecule has 2 fully saturated rings. The molecular weight excluding hydrogens is 505 g/mol. The van der Waals surface area contributed by atoms with E-state index in [2.05, 4.69) is 19.1 Å². The van der Waals surface area contributed by atoms with Gasteiger partial charge in [0.2, 0.25) is 5.91 Å². The van der Waals surface area contributed by atoms with E-state index in [1.807, 2.05) is 29.2 Å². The summed E-state index contributed by atoms with van der Waals surface area (Å²) in [6.45, 7) is 2.72. The molecule has 4 aromatic rings. The third kappa shape index (κ3) is 4.35. The molecule has 7 rings (SSSR count). The SMILES string of the molecule is C[C@@H]1c2ccccc2CCN1C(=O)c1cc(C2CC2)n2nc(-c3ccc(C4CC(CC(N)=O)C4)cc3F)cc2n1. The van der Waals surface area contributed by atoms with E-state index in [4.69, 9.17) is 15.8 Å². The van der Waals surface area contributed by atoms with E-state index in [-0.39, 0.29) is 35.5 Å². The number of hydrogen-bond donors (Lipinski definition) is 1. The van der Waals surface area contributed by atoms with Gasteiger partial charge in [-0.2, -0.15) is 5.10 Å². The minimum absolute atomic E-state index is 0.0327. The molecule has 2 amide bonds. The molecule has 0 bridgehead atoms. The second-order valence-electron chi connectivity index (χ2n) is 11.7. The Labute approximate surface area is 232 Å². The standard InChI is InChI=1S/C32H32FN5O2/c1-18-24-5-3-2-4-20(24)10-11-37(18)32(40)28-16-29(21-6-7-21)38-31(35-28)17-27(36-38)25-9-8-22(15-26(25)33)23-12-19(13-23)14-30(34)39/h2-5,8-9,15-19,21,23H,6-7,10-14H2,1H3,(H2,34,39)/t18-,19?,23?/m1/s1. The Kier molecular flexibility index (Phi) is 5.95. The van der Waals surface area contributed by atoms with Crippen molar-refractivity contribution in [1.29, 1.82) is 0 Å². The third-order valence-corrected chi connectivity index (χ3v) is 8.99. The fourth-order valence-electron chi connectivity index (χ4n) is 6.56.